The molecule has 4 aromatic rings. The Hall–Kier alpha value is -4.42. The summed E-state index contributed by atoms with van der Waals surface area (Å²) in [6.07, 6.45) is -0.335. The third-order valence-corrected chi connectivity index (χ3v) is 7.11. The molecule has 1 aliphatic rings. The number of ether oxygens (including phenoxy) is 3. The van der Waals surface area contributed by atoms with Gasteiger partial charge in [0.15, 0.2) is 0 Å². The monoisotopic (exact) mass is 521 g/mol. The van der Waals surface area contributed by atoms with Crippen LogP contribution in [0.5, 0.6) is 0 Å². The van der Waals surface area contributed by atoms with Crippen LogP contribution < -0.4 is 0 Å². The van der Waals surface area contributed by atoms with Crippen LogP contribution in [0.3, 0.4) is 0 Å². The Balaban J connectivity index is 1.45. The van der Waals surface area contributed by atoms with E-state index >= 15 is 0 Å². The molecule has 1 saturated heterocycles. The van der Waals surface area contributed by atoms with Crippen LogP contribution in [0.4, 0.5) is 4.79 Å². The van der Waals surface area contributed by atoms with Gasteiger partial charge in [0, 0.05) is 6.42 Å². The van der Waals surface area contributed by atoms with Crippen molar-refractivity contribution in [2.45, 2.75) is 31.3 Å². The minimum Gasteiger partial charge on any atom is -0.467 e. The number of carbonyl (C=O) groups excluding carboxylic acids is 2. The van der Waals surface area contributed by atoms with Crippen molar-refractivity contribution in [2.24, 2.45) is 0 Å². The molecule has 39 heavy (non-hydrogen) atoms. The van der Waals surface area contributed by atoms with E-state index in [4.69, 9.17) is 14.2 Å². The van der Waals surface area contributed by atoms with E-state index in [1.807, 2.05) is 103 Å². The maximum absolute atomic E-state index is 13.3. The predicted molar refractivity (Wildman–Crippen MR) is 149 cm³/mol. The van der Waals surface area contributed by atoms with E-state index < -0.39 is 23.7 Å². The number of methoxy groups -OCH3 is 1. The quantitative estimate of drug-likeness (QED) is 0.253. The van der Waals surface area contributed by atoms with Crippen molar-refractivity contribution < 1.29 is 23.8 Å². The molecular formula is C33H31NO5. The minimum absolute atomic E-state index is 0.105. The Bertz CT molecular complexity index is 1380. The smallest absolute Gasteiger partial charge is 0.410 e. The second-order valence-electron chi connectivity index (χ2n) is 9.62. The molecule has 0 bridgehead atoms. The fourth-order valence-electron chi connectivity index (χ4n) is 5.00. The van der Waals surface area contributed by atoms with Crippen LogP contribution in [0, 0.1) is 0 Å². The van der Waals surface area contributed by atoms with Gasteiger partial charge in [0.25, 0.3) is 0 Å². The highest BCUT2D eigenvalue weighted by Gasteiger charge is 2.52. The van der Waals surface area contributed by atoms with E-state index in [1.54, 1.807) is 0 Å². The minimum atomic E-state index is -0.935. The van der Waals surface area contributed by atoms with E-state index in [2.05, 4.69) is 12.1 Å². The Morgan fingerprint density at radius 3 is 1.87 bits per heavy atom. The van der Waals surface area contributed by atoms with Gasteiger partial charge >= 0.3 is 12.1 Å². The van der Waals surface area contributed by atoms with Gasteiger partial charge in [-0.1, -0.05) is 115 Å². The number of carbonyl (C=O) groups is 2. The fraction of sp³-hybridized carbons (Fsp3) is 0.212. The van der Waals surface area contributed by atoms with Crippen LogP contribution in [0.25, 0.3) is 11.1 Å². The lowest BCUT2D eigenvalue weighted by Crippen LogP contribution is -2.42. The van der Waals surface area contributed by atoms with Crippen LogP contribution in [0.15, 0.2) is 115 Å². The highest BCUT2D eigenvalue weighted by molar-refractivity contribution is 5.82. The molecule has 2 unspecified atom stereocenters. The summed E-state index contributed by atoms with van der Waals surface area (Å²) in [5, 5.41) is 0. The second-order valence-corrected chi connectivity index (χ2v) is 9.62. The molecule has 198 valence electrons. The standard InChI is InChI=1S/C33H31NO5/c1-37-31(35)30-21-33(39-23-26-13-7-3-8-14-26,24-34(30)32(36)38-22-25-11-5-2-6-12-25)29-19-17-28(18-20-29)27-15-9-4-10-16-27/h2-20,30H,21-24H2,1H3. The van der Waals surface area contributed by atoms with Crippen LogP contribution in [-0.4, -0.2) is 36.7 Å². The second kappa shape index (κ2) is 12.0. The van der Waals surface area contributed by atoms with Crippen LogP contribution in [0.1, 0.15) is 23.1 Å². The van der Waals surface area contributed by atoms with Crippen molar-refractivity contribution in [3.8, 4) is 11.1 Å². The van der Waals surface area contributed by atoms with Crippen molar-refractivity contribution in [1.29, 1.82) is 0 Å². The lowest BCUT2D eigenvalue weighted by atomic mass is 9.89. The van der Waals surface area contributed by atoms with Crippen molar-refractivity contribution in [3.05, 3.63) is 132 Å². The molecule has 0 spiro atoms. The average Bonchev–Trinajstić information content (AvgIpc) is 3.41. The molecule has 1 amide bonds. The first-order valence-electron chi connectivity index (χ1n) is 13.0. The summed E-state index contributed by atoms with van der Waals surface area (Å²) in [6.45, 7) is 0.577. The summed E-state index contributed by atoms with van der Waals surface area (Å²) in [4.78, 5) is 27.7. The molecule has 5 rings (SSSR count). The first-order valence-corrected chi connectivity index (χ1v) is 13.0. The topological polar surface area (TPSA) is 65.1 Å². The normalized spacial score (nSPS) is 18.5. The lowest BCUT2D eigenvalue weighted by molar-refractivity contribution is -0.145. The largest absolute Gasteiger partial charge is 0.467 e. The van der Waals surface area contributed by atoms with Gasteiger partial charge in [-0.3, -0.25) is 4.90 Å². The summed E-state index contributed by atoms with van der Waals surface area (Å²) >= 11 is 0. The zero-order chi connectivity index (χ0) is 27.1. The van der Waals surface area contributed by atoms with Crippen molar-refractivity contribution >= 4 is 12.1 Å². The third-order valence-electron chi connectivity index (χ3n) is 7.11. The molecule has 0 aliphatic carbocycles. The number of amides is 1. The number of hydrogen-bond acceptors (Lipinski definition) is 5. The van der Waals surface area contributed by atoms with Crippen LogP contribution in [0.2, 0.25) is 0 Å². The van der Waals surface area contributed by atoms with Gasteiger partial charge in [0.1, 0.15) is 18.2 Å². The maximum atomic E-state index is 13.3. The van der Waals surface area contributed by atoms with E-state index in [9.17, 15) is 9.59 Å². The van der Waals surface area contributed by atoms with Gasteiger partial charge in [-0.2, -0.15) is 0 Å². The number of benzene rings is 4. The van der Waals surface area contributed by atoms with E-state index in [1.165, 1.54) is 12.0 Å². The number of rotatable bonds is 8. The van der Waals surface area contributed by atoms with Gasteiger partial charge in [-0.15, -0.1) is 0 Å². The first kappa shape index (κ1) is 26.2. The van der Waals surface area contributed by atoms with Gasteiger partial charge in [0.05, 0.1) is 20.3 Å². The van der Waals surface area contributed by atoms with Crippen molar-refractivity contribution in [1.82, 2.24) is 4.90 Å². The van der Waals surface area contributed by atoms with Crippen LogP contribution >= 0.6 is 0 Å². The summed E-state index contributed by atoms with van der Waals surface area (Å²) in [5.41, 5.74) is 3.98. The highest BCUT2D eigenvalue weighted by atomic mass is 16.6. The molecular weight excluding hydrogens is 490 g/mol. The molecule has 4 aromatic carbocycles. The Morgan fingerprint density at radius 2 is 1.28 bits per heavy atom. The summed E-state index contributed by atoms with van der Waals surface area (Å²) in [5.74, 6) is -0.502. The molecule has 6 nitrogen and oxygen atoms in total. The molecule has 1 aliphatic heterocycles. The Labute approximate surface area is 228 Å². The Morgan fingerprint density at radius 1 is 0.744 bits per heavy atom. The Kier molecular flexibility index (Phi) is 8.04. The third kappa shape index (κ3) is 6.02. The van der Waals surface area contributed by atoms with Gasteiger partial charge in [0.2, 0.25) is 0 Å². The zero-order valence-electron chi connectivity index (χ0n) is 21.9. The molecule has 0 aromatic heterocycles. The molecule has 0 saturated carbocycles. The van der Waals surface area contributed by atoms with Gasteiger partial charge in [-0.05, 0) is 27.8 Å². The fourth-order valence-corrected chi connectivity index (χ4v) is 5.00. The van der Waals surface area contributed by atoms with E-state index in [0.29, 0.717) is 6.61 Å². The SMILES string of the molecule is COC(=O)C1CC(OCc2ccccc2)(c2ccc(-c3ccccc3)cc2)CN1C(=O)OCc1ccccc1. The molecule has 0 radical (unpaired) electrons. The molecule has 1 heterocycles. The van der Waals surface area contributed by atoms with Gasteiger partial charge in [-0.25, -0.2) is 9.59 Å². The van der Waals surface area contributed by atoms with Crippen molar-refractivity contribution in [2.75, 3.05) is 13.7 Å². The van der Waals surface area contributed by atoms with E-state index in [-0.39, 0.29) is 19.6 Å². The number of hydrogen-bond donors (Lipinski definition) is 0. The number of nitrogens with zero attached hydrogens (tertiary/aromatic N) is 1. The van der Waals surface area contributed by atoms with Crippen LogP contribution in [-0.2, 0) is 37.8 Å². The summed E-state index contributed by atoms with van der Waals surface area (Å²) in [6, 6.07) is 36.7. The highest BCUT2D eigenvalue weighted by Crippen LogP contribution is 2.41. The molecule has 0 N–H and O–H groups in total. The molecule has 2 atom stereocenters. The average molecular weight is 522 g/mol. The maximum Gasteiger partial charge on any atom is 0.410 e. The van der Waals surface area contributed by atoms with Gasteiger partial charge < -0.3 is 14.2 Å². The molecule has 6 heteroatoms. The first-order chi connectivity index (χ1) is 19.1. The van der Waals surface area contributed by atoms with E-state index in [0.717, 1.165) is 27.8 Å². The number of likely N-dealkylation sites (tertiary alicyclic amines) is 1. The number of esters is 1. The summed E-state index contributed by atoms with van der Waals surface area (Å²) < 4.78 is 17.4. The summed E-state index contributed by atoms with van der Waals surface area (Å²) in [7, 11) is 1.33. The predicted octanol–water partition coefficient (Wildman–Crippen LogP) is 6.35. The van der Waals surface area contributed by atoms with Crippen molar-refractivity contribution in [3.63, 3.8) is 0 Å². The lowest BCUT2D eigenvalue weighted by Gasteiger charge is -2.30. The molecule has 1 fully saturated rings. The zero-order valence-corrected chi connectivity index (χ0v) is 21.9.